The molecule has 2 aromatic rings. The van der Waals surface area contributed by atoms with Crippen molar-refractivity contribution in [2.75, 3.05) is 0 Å². The van der Waals surface area contributed by atoms with Crippen molar-refractivity contribution < 1.29 is 4.79 Å². The molecule has 2 nitrogen and oxygen atoms in total. The molecule has 0 fully saturated rings. The summed E-state index contributed by atoms with van der Waals surface area (Å²) in [5.74, 6) is 0.753. The fraction of sp³-hybridized carbons (Fsp3) is 0.368. The van der Waals surface area contributed by atoms with Gasteiger partial charge < -0.3 is 0 Å². The number of Topliss-reactive ketones (excluding diaryl/α,β-unsaturated/α-hetero) is 1. The average Bonchev–Trinajstić information content (AvgIpc) is 2.48. The number of benzene rings is 1. The van der Waals surface area contributed by atoms with Crippen LogP contribution < -0.4 is 0 Å². The first kappa shape index (κ1) is 14.0. The molecular weight excluding hydrogens is 258 g/mol. The van der Waals surface area contributed by atoms with Crippen molar-refractivity contribution in [3.05, 3.63) is 65.0 Å². The van der Waals surface area contributed by atoms with Crippen LogP contribution in [0.3, 0.4) is 0 Å². The molecule has 0 N–H and O–H groups in total. The molecule has 0 saturated heterocycles. The molecule has 0 amide bonds. The van der Waals surface area contributed by atoms with E-state index in [1.807, 2.05) is 18.2 Å². The number of hydrogen-bond acceptors (Lipinski definition) is 2. The number of carbonyl (C=O) groups excluding carboxylic acids is 1. The SMILES string of the molecule is CCCC1CC(=O)c2ccc(Cc3ccccc3)nc2C1. The van der Waals surface area contributed by atoms with Crippen LogP contribution in [0.5, 0.6) is 0 Å². The van der Waals surface area contributed by atoms with Crippen LogP contribution in [0.4, 0.5) is 0 Å². The Kier molecular flexibility index (Phi) is 4.14. The van der Waals surface area contributed by atoms with E-state index in [0.29, 0.717) is 12.3 Å². The number of nitrogens with zero attached hydrogens (tertiary/aromatic N) is 1. The molecule has 1 atom stereocenters. The first-order valence-corrected chi connectivity index (χ1v) is 7.82. The molecule has 1 heterocycles. The molecule has 0 spiro atoms. The third-order valence-electron chi connectivity index (χ3n) is 4.21. The van der Waals surface area contributed by atoms with Gasteiger partial charge in [0.05, 0.1) is 5.69 Å². The van der Waals surface area contributed by atoms with Gasteiger partial charge in [0.15, 0.2) is 5.78 Å². The number of fused-ring (bicyclic) bond motifs is 1. The molecule has 3 rings (SSSR count). The molecule has 1 unspecified atom stereocenters. The first-order chi connectivity index (χ1) is 10.3. The van der Waals surface area contributed by atoms with Crippen molar-refractivity contribution >= 4 is 5.78 Å². The Balaban J connectivity index is 1.83. The molecule has 1 aromatic carbocycles. The zero-order valence-corrected chi connectivity index (χ0v) is 12.5. The van der Waals surface area contributed by atoms with E-state index in [1.165, 1.54) is 5.56 Å². The van der Waals surface area contributed by atoms with Crippen LogP contribution >= 0.6 is 0 Å². The molecule has 1 aliphatic rings. The summed E-state index contributed by atoms with van der Waals surface area (Å²) in [4.78, 5) is 17.0. The Morgan fingerprint density at radius 1 is 1.10 bits per heavy atom. The van der Waals surface area contributed by atoms with Crippen molar-refractivity contribution in [3.63, 3.8) is 0 Å². The van der Waals surface area contributed by atoms with E-state index in [2.05, 4.69) is 31.2 Å². The zero-order chi connectivity index (χ0) is 14.7. The van der Waals surface area contributed by atoms with E-state index in [0.717, 1.165) is 42.6 Å². The van der Waals surface area contributed by atoms with E-state index >= 15 is 0 Å². The van der Waals surface area contributed by atoms with Gasteiger partial charge in [0, 0.05) is 24.1 Å². The van der Waals surface area contributed by atoms with Crippen LogP contribution in [-0.4, -0.2) is 10.8 Å². The predicted molar refractivity (Wildman–Crippen MR) is 84.5 cm³/mol. The number of carbonyl (C=O) groups is 1. The van der Waals surface area contributed by atoms with Crippen LogP contribution in [0.2, 0.25) is 0 Å². The monoisotopic (exact) mass is 279 g/mol. The highest BCUT2D eigenvalue weighted by molar-refractivity contribution is 5.98. The molecule has 0 saturated carbocycles. The topological polar surface area (TPSA) is 30.0 Å². The van der Waals surface area contributed by atoms with Gasteiger partial charge in [-0.05, 0) is 36.5 Å². The lowest BCUT2D eigenvalue weighted by molar-refractivity contribution is 0.0944. The molecule has 2 heteroatoms. The van der Waals surface area contributed by atoms with Gasteiger partial charge in [-0.25, -0.2) is 0 Å². The fourth-order valence-corrected chi connectivity index (χ4v) is 3.19. The van der Waals surface area contributed by atoms with Gasteiger partial charge in [-0.15, -0.1) is 0 Å². The third-order valence-corrected chi connectivity index (χ3v) is 4.21. The Hall–Kier alpha value is -1.96. The van der Waals surface area contributed by atoms with Crippen LogP contribution in [0, 0.1) is 5.92 Å². The van der Waals surface area contributed by atoms with Crippen LogP contribution in [0.15, 0.2) is 42.5 Å². The number of aromatic nitrogens is 1. The van der Waals surface area contributed by atoms with Crippen molar-refractivity contribution in [3.8, 4) is 0 Å². The van der Waals surface area contributed by atoms with E-state index in [-0.39, 0.29) is 5.78 Å². The molecule has 1 aliphatic carbocycles. The van der Waals surface area contributed by atoms with Crippen LogP contribution in [0.1, 0.15) is 53.5 Å². The Morgan fingerprint density at radius 3 is 2.67 bits per heavy atom. The van der Waals surface area contributed by atoms with Gasteiger partial charge in [0.25, 0.3) is 0 Å². The summed E-state index contributed by atoms with van der Waals surface area (Å²) >= 11 is 0. The molecule has 1 aromatic heterocycles. The van der Waals surface area contributed by atoms with Gasteiger partial charge in [0.1, 0.15) is 0 Å². The van der Waals surface area contributed by atoms with Gasteiger partial charge in [-0.1, -0.05) is 43.7 Å². The number of pyridine rings is 1. The van der Waals surface area contributed by atoms with Gasteiger partial charge >= 0.3 is 0 Å². The summed E-state index contributed by atoms with van der Waals surface area (Å²) in [6.45, 7) is 2.18. The Bertz CT molecular complexity index is 633. The number of ketones is 1. The maximum atomic E-state index is 12.2. The summed E-state index contributed by atoms with van der Waals surface area (Å²) in [5, 5.41) is 0. The highest BCUT2D eigenvalue weighted by Crippen LogP contribution is 2.27. The van der Waals surface area contributed by atoms with Crippen LogP contribution in [0.25, 0.3) is 0 Å². The summed E-state index contributed by atoms with van der Waals surface area (Å²) in [6.07, 6.45) is 4.74. The molecule has 108 valence electrons. The van der Waals surface area contributed by atoms with Gasteiger partial charge in [0.2, 0.25) is 0 Å². The molecule has 0 radical (unpaired) electrons. The summed E-state index contributed by atoms with van der Waals surface area (Å²) in [6, 6.07) is 14.3. The van der Waals surface area contributed by atoms with E-state index in [1.54, 1.807) is 0 Å². The second-order valence-corrected chi connectivity index (χ2v) is 5.95. The summed E-state index contributed by atoms with van der Waals surface area (Å²) in [5.41, 5.74) is 4.18. The van der Waals surface area contributed by atoms with Crippen molar-refractivity contribution in [2.24, 2.45) is 5.92 Å². The minimum absolute atomic E-state index is 0.272. The highest BCUT2D eigenvalue weighted by Gasteiger charge is 2.25. The largest absolute Gasteiger partial charge is 0.294 e. The van der Waals surface area contributed by atoms with Gasteiger partial charge in [-0.3, -0.25) is 9.78 Å². The average molecular weight is 279 g/mol. The highest BCUT2D eigenvalue weighted by atomic mass is 16.1. The maximum Gasteiger partial charge on any atom is 0.164 e. The lowest BCUT2D eigenvalue weighted by atomic mass is 9.83. The molecule has 21 heavy (non-hydrogen) atoms. The fourth-order valence-electron chi connectivity index (χ4n) is 3.19. The Morgan fingerprint density at radius 2 is 1.90 bits per heavy atom. The number of hydrogen-bond donors (Lipinski definition) is 0. The van der Waals surface area contributed by atoms with Crippen molar-refractivity contribution in [1.82, 2.24) is 4.98 Å². The standard InChI is InChI=1S/C19H21NO/c1-2-6-15-12-18-17(19(21)13-15)10-9-16(20-18)11-14-7-4-3-5-8-14/h3-5,7-10,15H,2,6,11-13H2,1H3. The quantitative estimate of drug-likeness (QED) is 0.838. The molecule has 0 bridgehead atoms. The normalized spacial score (nSPS) is 17.6. The van der Waals surface area contributed by atoms with E-state index in [4.69, 9.17) is 4.98 Å². The predicted octanol–water partition coefficient (Wildman–Crippen LogP) is 4.22. The summed E-state index contributed by atoms with van der Waals surface area (Å²) in [7, 11) is 0. The molecule has 0 aliphatic heterocycles. The Labute approximate surface area is 126 Å². The van der Waals surface area contributed by atoms with Crippen LogP contribution in [-0.2, 0) is 12.8 Å². The minimum Gasteiger partial charge on any atom is -0.294 e. The van der Waals surface area contributed by atoms with E-state index in [9.17, 15) is 4.79 Å². The molecular formula is C19H21NO. The van der Waals surface area contributed by atoms with Gasteiger partial charge in [-0.2, -0.15) is 0 Å². The smallest absolute Gasteiger partial charge is 0.164 e. The maximum absolute atomic E-state index is 12.2. The number of rotatable bonds is 4. The minimum atomic E-state index is 0.272. The van der Waals surface area contributed by atoms with Crippen molar-refractivity contribution in [1.29, 1.82) is 0 Å². The second-order valence-electron chi connectivity index (χ2n) is 5.95. The third kappa shape index (κ3) is 3.21. The first-order valence-electron chi connectivity index (χ1n) is 7.82. The van der Waals surface area contributed by atoms with Crippen molar-refractivity contribution in [2.45, 2.75) is 39.0 Å². The summed E-state index contributed by atoms with van der Waals surface area (Å²) < 4.78 is 0. The van der Waals surface area contributed by atoms with E-state index < -0.39 is 0 Å². The zero-order valence-electron chi connectivity index (χ0n) is 12.5. The second kappa shape index (κ2) is 6.21. The lowest BCUT2D eigenvalue weighted by Gasteiger charge is -2.22. The lowest BCUT2D eigenvalue weighted by Crippen LogP contribution is -2.21.